The SMILES string of the molecule is CCC(=O)OC[C@H]1C[C@]2(OC(=O)/C=C/c3ccccc3)C(=O)/C(C)=C/[C@@H]3[C@H](CC[C@@]4(C)O[C@@H]4[C@H]2[C@H]1OC(=O)CC)C3(C)C. The number of allylic oxidation sites excluding steroid dienone is 1. The number of carbonyl (C=O) groups is 4. The highest BCUT2D eigenvalue weighted by atomic mass is 16.6. The third-order valence-electron chi connectivity index (χ3n) is 10.2. The summed E-state index contributed by atoms with van der Waals surface area (Å²) in [6.45, 7) is 11.6. The molecule has 1 heterocycles. The zero-order valence-electron chi connectivity index (χ0n) is 26.1. The first kappa shape index (κ1) is 31.2. The summed E-state index contributed by atoms with van der Waals surface area (Å²) in [5.41, 5.74) is -0.877. The van der Waals surface area contributed by atoms with Crippen LogP contribution < -0.4 is 0 Å². The summed E-state index contributed by atoms with van der Waals surface area (Å²) in [5.74, 6) is -2.55. The van der Waals surface area contributed by atoms with Crippen LogP contribution in [0.4, 0.5) is 0 Å². The van der Waals surface area contributed by atoms with Crippen molar-refractivity contribution < 1.29 is 38.1 Å². The lowest BCUT2D eigenvalue weighted by Crippen LogP contribution is -2.52. The minimum Gasteiger partial charge on any atom is -0.465 e. The molecule has 1 aromatic rings. The van der Waals surface area contributed by atoms with Crippen LogP contribution in [0.1, 0.15) is 79.2 Å². The molecule has 2 saturated carbocycles. The van der Waals surface area contributed by atoms with Gasteiger partial charge in [0.25, 0.3) is 0 Å². The molecular weight excluding hydrogens is 548 g/mol. The molecule has 1 aliphatic heterocycles. The highest BCUT2D eigenvalue weighted by molar-refractivity contribution is 6.04. The van der Waals surface area contributed by atoms with Gasteiger partial charge < -0.3 is 18.9 Å². The molecule has 0 bridgehead atoms. The van der Waals surface area contributed by atoms with Crippen molar-refractivity contribution in [3.63, 3.8) is 0 Å². The smallest absolute Gasteiger partial charge is 0.331 e. The Balaban J connectivity index is 1.60. The predicted molar refractivity (Wildman–Crippen MR) is 159 cm³/mol. The predicted octanol–water partition coefficient (Wildman–Crippen LogP) is 5.63. The zero-order chi connectivity index (χ0) is 31.2. The van der Waals surface area contributed by atoms with E-state index in [0.717, 1.165) is 18.4 Å². The molecular formula is C35H44O8. The minimum atomic E-state index is -1.68. The second-order valence-electron chi connectivity index (χ2n) is 13.4. The summed E-state index contributed by atoms with van der Waals surface area (Å²) in [7, 11) is 0. The Labute approximate surface area is 254 Å². The van der Waals surface area contributed by atoms with Crippen molar-refractivity contribution in [2.45, 2.75) is 97.1 Å². The van der Waals surface area contributed by atoms with Crippen LogP contribution in [0.15, 0.2) is 48.1 Å². The van der Waals surface area contributed by atoms with E-state index in [9.17, 15) is 19.2 Å². The van der Waals surface area contributed by atoms with E-state index in [0.29, 0.717) is 11.5 Å². The topological polar surface area (TPSA) is 108 Å². The Morgan fingerprint density at radius 1 is 1.05 bits per heavy atom. The Hall–Kier alpha value is -3.26. The Bertz CT molecular complexity index is 1330. The molecule has 8 heteroatoms. The van der Waals surface area contributed by atoms with E-state index >= 15 is 0 Å². The first-order valence-corrected chi connectivity index (χ1v) is 15.6. The molecule has 0 aromatic heterocycles. The molecule has 3 fully saturated rings. The average molecular weight is 593 g/mol. The lowest BCUT2D eigenvalue weighted by atomic mass is 9.77. The molecule has 8 atom stereocenters. The lowest BCUT2D eigenvalue weighted by molar-refractivity contribution is -0.172. The van der Waals surface area contributed by atoms with Crippen molar-refractivity contribution in [3.05, 3.63) is 53.6 Å². The molecule has 0 spiro atoms. The molecule has 0 unspecified atom stereocenters. The largest absolute Gasteiger partial charge is 0.465 e. The van der Waals surface area contributed by atoms with Gasteiger partial charge in [0.15, 0.2) is 5.60 Å². The van der Waals surface area contributed by atoms with Crippen LogP contribution in [-0.4, -0.2) is 53.7 Å². The van der Waals surface area contributed by atoms with Gasteiger partial charge in [0.1, 0.15) is 6.10 Å². The second-order valence-corrected chi connectivity index (χ2v) is 13.4. The third kappa shape index (κ3) is 5.95. The molecule has 43 heavy (non-hydrogen) atoms. The van der Waals surface area contributed by atoms with E-state index in [1.165, 1.54) is 6.08 Å². The van der Waals surface area contributed by atoms with Crippen LogP contribution >= 0.6 is 0 Å². The Kier molecular flexibility index (Phi) is 8.47. The molecule has 8 nitrogen and oxygen atoms in total. The third-order valence-corrected chi connectivity index (χ3v) is 10.2. The van der Waals surface area contributed by atoms with Crippen LogP contribution in [-0.2, 0) is 38.1 Å². The summed E-state index contributed by atoms with van der Waals surface area (Å²) in [5, 5.41) is 0. The first-order valence-electron chi connectivity index (χ1n) is 15.6. The summed E-state index contributed by atoms with van der Waals surface area (Å²) in [4.78, 5) is 53.2. The van der Waals surface area contributed by atoms with Crippen LogP contribution in [0.2, 0.25) is 0 Å². The first-order chi connectivity index (χ1) is 20.4. The number of benzene rings is 1. The number of esters is 3. The van der Waals surface area contributed by atoms with E-state index in [-0.39, 0.29) is 43.0 Å². The second kappa shape index (κ2) is 11.7. The Morgan fingerprint density at radius 3 is 2.42 bits per heavy atom. The van der Waals surface area contributed by atoms with Gasteiger partial charge in [0.2, 0.25) is 5.78 Å². The average Bonchev–Trinajstić information content (AvgIpc) is 3.75. The van der Waals surface area contributed by atoms with Crippen molar-refractivity contribution in [2.75, 3.05) is 6.61 Å². The molecule has 232 valence electrons. The van der Waals surface area contributed by atoms with Gasteiger partial charge in [0, 0.05) is 31.3 Å². The van der Waals surface area contributed by atoms with Gasteiger partial charge in [-0.15, -0.1) is 0 Å². The quantitative estimate of drug-likeness (QED) is 0.165. The van der Waals surface area contributed by atoms with Crippen LogP contribution in [0.5, 0.6) is 0 Å². The number of rotatable bonds is 8. The molecule has 0 radical (unpaired) electrons. The Morgan fingerprint density at radius 2 is 1.74 bits per heavy atom. The maximum absolute atomic E-state index is 14.7. The number of Topliss-reactive ketones (excluding diaryl/α,β-unsaturated/α-hetero) is 1. The maximum atomic E-state index is 14.7. The van der Waals surface area contributed by atoms with Gasteiger partial charge in [-0.05, 0) is 61.2 Å². The summed E-state index contributed by atoms with van der Waals surface area (Å²) >= 11 is 0. The number of epoxide rings is 1. The van der Waals surface area contributed by atoms with Gasteiger partial charge >= 0.3 is 17.9 Å². The van der Waals surface area contributed by atoms with Gasteiger partial charge in [-0.25, -0.2) is 4.79 Å². The maximum Gasteiger partial charge on any atom is 0.331 e. The normalized spacial score (nSPS) is 37.1. The molecule has 0 amide bonds. The van der Waals surface area contributed by atoms with E-state index in [1.54, 1.807) is 26.8 Å². The zero-order valence-corrected chi connectivity index (χ0v) is 26.1. The van der Waals surface area contributed by atoms with E-state index in [1.807, 2.05) is 43.3 Å². The van der Waals surface area contributed by atoms with Crippen molar-refractivity contribution in [1.29, 1.82) is 0 Å². The minimum absolute atomic E-state index is 0.0404. The van der Waals surface area contributed by atoms with Gasteiger partial charge in [-0.1, -0.05) is 64.1 Å². The number of hydrogen-bond donors (Lipinski definition) is 0. The summed E-state index contributed by atoms with van der Waals surface area (Å²) < 4.78 is 24.3. The van der Waals surface area contributed by atoms with Gasteiger partial charge in [0.05, 0.1) is 24.2 Å². The lowest BCUT2D eigenvalue weighted by Gasteiger charge is -2.35. The molecule has 5 rings (SSSR count). The highest BCUT2D eigenvalue weighted by Gasteiger charge is 2.73. The number of fused-ring (bicyclic) bond motifs is 4. The van der Waals surface area contributed by atoms with E-state index in [4.69, 9.17) is 18.9 Å². The molecule has 1 saturated heterocycles. The number of hydrogen-bond acceptors (Lipinski definition) is 8. The van der Waals surface area contributed by atoms with Gasteiger partial charge in [-0.2, -0.15) is 0 Å². The van der Waals surface area contributed by atoms with Crippen molar-refractivity contribution in [2.24, 2.45) is 29.1 Å². The summed E-state index contributed by atoms with van der Waals surface area (Å²) in [6.07, 6.45) is 5.72. The molecule has 1 aromatic carbocycles. The number of ether oxygens (including phenoxy) is 4. The monoisotopic (exact) mass is 592 g/mol. The fourth-order valence-electron chi connectivity index (χ4n) is 7.52. The van der Waals surface area contributed by atoms with Crippen LogP contribution in [0.3, 0.4) is 0 Å². The fraction of sp³-hybridized carbons (Fsp3) is 0.600. The number of carbonyl (C=O) groups excluding carboxylic acids is 4. The van der Waals surface area contributed by atoms with Crippen molar-refractivity contribution in [1.82, 2.24) is 0 Å². The van der Waals surface area contributed by atoms with E-state index < -0.39 is 53.2 Å². The standard InChI is InChI=1S/C35H44O8/c1-7-26(36)40-20-23-19-35(42-28(38)15-14-22-12-10-9-11-13-22)29(30(23)41-27(37)8-2)32-34(6,43-32)17-16-24-25(33(24,4)5)18-21(3)31(35)39/h9-15,18,23-25,29-30,32H,7-8,16-17,19-20H2,1-6H3/b15-14+,21-18+/t23-,24+,25-,29-,30+,32-,34-,35-/m1/s1. The number of ketones is 1. The molecule has 0 N–H and O–H groups in total. The fourth-order valence-corrected chi connectivity index (χ4v) is 7.52. The molecule has 3 aliphatic carbocycles. The van der Waals surface area contributed by atoms with E-state index in [2.05, 4.69) is 13.8 Å². The highest BCUT2D eigenvalue weighted by Crippen LogP contribution is 2.65. The summed E-state index contributed by atoms with van der Waals surface area (Å²) in [6, 6.07) is 9.34. The molecule has 4 aliphatic rings. The van der Waals surface area contributed by atoms with Crippen LogP contribution in [0, 0.1) is 29.1 Å². The van der Waals surface area contributed by atoms with Crippen LogP contribution in [0.25, 0.3) is 6.08 Å². The van der Waals surface area contributed by atoms with Gasteiger partial charge in [-0.3, -0.25) is 14.4 Å². The van der Waals surface area contributed by atoms with Crippen molar-refractivity contribution >= 4 is 29.8 Å². The van der Waals surface area contributed by atoms with Crippen molar-refractivity contribution in [3.8, 4) is 0 Å².